The Hall–Kier alpha value is -1.92. The summed E-state index contributed by atoms with van der Waals surface area (Å²) in [6.07, 6.45) is 2.28. The second-order valence-corrected chi connectivity index (χ2v) is 7.85. The van der Waals surface area contributed by atoms with Crippen LogP contribution in [-0.2, 0) is 9.53 Å². The molecule has 2 aromatic heterocycles. The summed E-state index contributed by atoms with van der Waals surface area (Å²) in [7, 11) is 0. The number of esters is 1. The number of hydrogen-bond donors (Lipinski definition) is 1. The Morgan fingerprint density at radius 2 is 2.00 bits per heavy atom. The summed E-state index contributed by atoms with van der Waals surface area (Å²) in [4.78, 5) is 24.4. The van der Waals surface area contributed by atoms with Crippen LogP contribution in [0.15, 0.2) is 30.3 Å². The molecule has 0 atom stereocenters. The fourth-order valence-corrected chi connectivity index (χ4v) is 4.84. The van der Waals surface area contributed by atoms with Crippen molar-refractivity contribution < 1.29 is 14.3 Å². The molecule has 23 heavy (non-hydrogen) atoms. The lowest BCUT2D eigenvalue weighted by Gasteiger charge is -2.04. The molecule has 4 rings (SSSR count). The maximum Gasteiger partial charge on any atom is 0.325 e. The summed E-state index contributed by atoms with van der Waals surface area (Å²) in [6.45, 7) is 0.410. The van der Waals surface area contributed by atoms with Crippen molar-refractivity contribution in [3.05, 3.63) is 35.2 Å². The highest BCUT2D eigenvalue weighted by Gasteiger charge is 2.23. The molecule has 1 fully saturated rings. The molecule has 1 aliphatic carbocycles. The summed E-state index contributed by atoms with van der Waals surface area (Å²) < 4.78 is 8.57. The minimum atomic E-state index is -0.367. The first kappa shape index (κ1) is 14.7. The van der Waals surface area contributed by atoms with E-state index in [-0.39, 0.29) is 18.4 Å². The van der Waals surface area contributed by atoms with Crippen molar-refractivity contribution >= 4 is 54.0 Å². The van der Waals surface area contributed by atoms with Gasteiger partial charge >= 0.3 is 5.97 Å². The van der Waals surface area contributed by atoms with Gasteiger partial charge in [0.1, 0.15) is 6.54 Å². The van der Waals surface area contributed by atoms with Crippen molar-refractivity contribution in [2.75, 3.05) is 13.2 Å². The van der Waals surface area contributed by atoms with Crippen LogP contribution in [0.2, 0.25) is 0 Å². The van der Waals surface area contributed by atoms with Crippen LogP contribution in [0.5, 0.6) is 0 Å². The minimum absolute atomic E-state index is 0.0716. The van der Waals surface area contributed by atoms with Crippen molar-refractivity contribution in [3.63, 3.8) is 0 Å². The van der Waals surface area contributed by atoms with E-state index in [1.807, 2.05) is 18.2 Å². The van der Waals surface area contributed by atoms with Gasteiger partial charge in [0.2, 0.25) is 0 Å². The van der Waals surface area contributed by atoms with Crippen LogP contribution in [0.25, 0.3) is 19.5 Å². The van der Waals surface area contributed by atoms with E-state index in [4.69, 9.17) is 4.74 Å². The van der Waals surface area contributed by atoms with Gasteiger partial charge in [-0.1, -0.05) is 18.2 Å². The van der Waals surface area contributed by atoms with Crippen LogP contribution in [0.3, 0.4) is 0 Å². The van der Waals surface area contributed by atoms with Gasteiger partial charge in [-0.3, -0.25) is 9.59 Å². The highest BCUT2D eigenvalue weighted by molar-refractivity contribution is 7.33. The van der Waals surface area contributed by atoms with Crippen molar-refractivity contribution in [2.45, 2.75) is 12.8 Å². The molecule has 0 unspecified atom stereocenters. The standard InChI is InChI=1S/C17H15NO3S2/c19-15(21-9-10-5-6-10)8-18-17(20)14-7-13-16(23-14)11-3-1-2-4-12(11)22-13/h1-4,7,10H,5-6,8-9H2,(H,18,20). The van der Waals surface area contributed by atoms with Crippen LogP contribution >= 0.6 is 22.7 Å². The molecule has 1 saturated carbocycles. The average Bonchev–Trinajstić information content (AvgIpc) is 3.19. The number of amides is 1. The maximum atomic E-state index is 12.2. The normalized spacial score (nSPS) is 14.3. The number of nitrogens with one attached hydrogen (secondary N) is 1. The fraction of sp³-hybridized carbons (Fsp3) is 0.294. The number of hydrogen-bond acceptors (Lipinski definition) is 5. The van der Waals surface area contributed by atoms with Gasteiger partial charge in [-0.25, -0.2) is 0 Å². The molecule has 0 saturated heterocycles. The Bertz CT molecular complexity index is 892. The molecule has 118 valence electrons. The van der Waals surface area contributed by atoms with E-state index in [2.05, 4.69) is 17.4 Å². The molecule has 1 N–H and O–H groups in total. The zero-order valence-electron chi connectivity index (χ0n) is 12.3. The molecule has 0 spiro atoms. The SMILES string of the molecule is O=C(CNC(=O)c1cc2sc3ccccc3c2s1)OCC1CC1. The molecule has 0 radical (unpaired) electrons. The zero-order chi connectivity index (χ0) is 15.8. The summed E-state index contributed by atoms with van der Waals surface area (Å²) in [5.74, 6) is -0.0491. The van der Waals surface area contributed by atoms with Crippen LogP contribution in [0.1, 0.15) is 22.5 Å². The van der Waals surface area contributed by atoms with Gasteiger partial charge in [0.15, 0.2) is 0 Å². The number of ether oxygens (including phenoxy) is 1. The first-order chi connectivity index (χ1) is 11.2. The molecular weight excluding hydrogens is 330 g/mol. The Balaban J connectivity index is 1.43. The van der Waals surface area contributed by atoms with Gasteiger partial charge in [0.05, 0.1) is 16.2 Å². The van der Waals surface area contributed by atoms with Gasteiger partial charge in [-0.2, -0.15) is 0 Å². The molecule has 0 bridgehead atoms. The third kappa shape index (κ3) is 3.09. The van der Waals surface area contributed by atoms with Gasteiger partial charge in [-0.15, -0.1) is 22.7 Å². The molecule has 6 heteroatoms. The van der Waals surface area contributed by atoms with Gasteiger partial charge < -0.3 is 10.1 Å². The Morgan fingerprint density at radius 1 is 1.17 bits per heavy atom. The minimum Gasteiger partial charge on any atom is -0.464 e. The number of carbonyl (C=O) groups excluding carboxylic acids is 2. The van der Waals surface area contributed by atoms with Gasteiger partial charge in [0.25, 0.3) is 5.91 Å². The second kappa shape index (κ2) is 5.94. The zero-order valence-corrected chi connectivity index (χ0v) is 14.0. The number of fused-ring (bicyclic) bond motifs is 3. The summed E-state index contributed by atoms with van der Waals surface area (Å²) in [6, 6.07) is 10.1. The van der Waals surface area contributed by atoms with E-state index in [9.17, 15) is 9.59 Å². The smallest absolute Gasteiger partial charge is 0.325 e. The van der Waals surface area contributed by atoms with Crippen LogP contribution in [0, 0.1) is 5.92 Å². The highest BCUT2D eigenvalue weighted by atomic mass is 32.1. The molecule has 4 nitrogen and oxygen atoms in total. The Morgan fingerprint density at radius 3 is 2.83 bits per heavy atom. The topological polar surface area (TPSA) is 55.4 Å². The second-order valence-electron chi connectivity index (χ2n) is 5.71. The van der Waals surface area contributed by atoms with Crippen molar-refractivity contribution in [1.82, 2.24) is 5.32 Å². The average molecular weight is 345 g/mol. The number of carbonyl (C=O) groups is 2. The summed E-state index contributed by atoms with van der Waals surface area (Å²) in [5.41, 5.74) is 0. The summed E-state index contributed by atoms with van der Waals surface area (Å²) >= 11 is 3.15. The third-order valence-electron chi connectivity index (χ3n) is 3.84. The molecule has 1 aromatic carbocycles. The van der Waals surface area contributed by atoms with E-state index in [0.717, 1.165) is 22.2 Å². The Kier molecular flexibility index (Phi) is 3.79. The third-order valence-corrected chi connectivity index (χ3v) is 6.26. The Labute approximate surface area is 141 Å². The van der Waals surface area contributed by atoms with Gasteiger partial charge in [-0.05, 0) is 30.9 Å². The first-order valence-corrected chi connectivity index (χ1v) is 9.19. The highest BCUT2D eigenvalue weighted by Crippen LogP contribution is 2.39. The predicted molar refractivity (Wildman–Crippen MR) is 93.2 cm³/mol. The lowest BCUT2D eigenvalue weighted by molar-refractivity contribution is -0.142. The molecular formula is C17H15NO3S2. The van der Waals surface area contributed by atoms with Crippen molar-refractivity contribution in [1.29, 1.82) is 0 Å². The monoisotopic (exact) mass is 345 g/mol. The molecule has 1 aliphatic rings. The van der Waals surface area contributed by atoms with E-state index in [1.165, 1.54) is 21.4 Å². The predicted octanol–water partition coefficient (Wildman–Crippen LogP) is 3.80. The van der Waals surface area contributed by atoms with Crippen LogP contribution < -0.4 is 5.32 Å². The largest absolute Gasteiger partial charge is 0.464 e. The molecule has 2 heterocycles. The lowest BCUT2D eigenvalue weighted by Crippen LogP contribution is -2.30. The van der Waals surface area contributed by atoms with Crippen molar-refractivity contribution in [3.8, 4) is 0 Å². The van der Waals surface area contributed by atoms with E-state index in [0.29, 0.717) is 17.4 Å². The molecule has 3 aromatic rings. The van der Waals surface area contributed by atoms with Crippen LogP contribution in [0.4, 0.5) is 0 Å². The lowest BCUT2D eigenvalue weighted by atomic mass is 10.2. The number of thiophene rings is 2. The van der Waals surface area contributed by atoms with Crippen molar-refractivity contribution in [2.24, 2.45) is 5.92 Å². The van der Waals surface area contributed by atoms with Gasteiger partial charge in [0, 0.05) is 14.8 Å². The number of benzene rings is 1. The molecule has 0 aliphatic heterocycles. The fourth-order valence-electron chi connectivity index (χ4n) is 2.40. The number of rotatable bonds is 5. The van der Waals surface area contributed by atoms with Crippen LogP contribution in [-0.4, -0.2) is 25.0 Å². The quantitative estimate of drug-likeness (QED) is 0.716. The van der Waals surface area contributed by atoms with E-state index < -0.39 is 0 Å². The van der Waals surface area contributed by atoms with E-state index >= 15 is 0 Å². The molecule has 1 amide bonds. The first-order valence-electron chi connectivity index (χ1n) is 7.55. The summed E-state index contributed by atoms with van der Waals surface area (Å²) in [5, 5.41) is 3.82. The maximum absolute atomic E-state index is 12.2. The van der Waals surface area contributed by atoms with E-state index in [1.54, 1.807) is 11.3 Å².